The fourth-order valence-corrected chi connectivity index (χ4v) is 4.29. The van der Waals surface area contributed by atoms with Crippen LogP contribution in [-0.2, 0) is 9.59 Å². The van der Waals surface area contributed by atoms with Gasteiger partial charge in [0.05, 0.1) is 12.2 Å². The lowest BCUT2D eigenvalue weighted by Crippen LogP contribution is -2.46. The molecule has 8 atom stereocenters. The van der Waals surface area contributed by atoms with Crippen molar-refractivity contribution in [1.82, 2.24) is 0 Å². The smallest absolute Gasteiger partial charge is 0.139 e. The zero-order valence-corrected chi connectivity index (χ0v) is 19.0. The van der Waals surface area contributed by atoms with E-state index in [0.717, 1.165) is 12.8 Å². The Balaban J connectivity index is 0.000000300. The second-order valence-electron chi connectivity index (χ2n) is 9.08. The van der Waals surface area contributed by atoms with Crippen molar-refractivity contribution < 1.29 is 19.8 Å². The maximum absolute atomic E-state index is 11.3. The Hall–Kier alpha value is -1.78. The Kier molecular flexibility index (Phi) is 11.2. The highest BCUT2D eigenvalue weighted by Crippen LogP contribution is 2.37. The number of hydrogen-bond acceptors (Lipinski definition) is 4. The van der Waals surface area contributed by atoms with Gasteiger partial charge in [-0.3, -0.25) is 9.59 Å². The molecule has 0 amide bonds. The van der Waals surface area contributed by atoms with Gasteiger partial charge in [0.2, 0.25) is 0 Å². The minimum absolute atomic E-state index is 0.128. The third kappa shape index (κ3) is 7.17. The molecule has 168 valence electrons. The first-order chi connectivity index (χ1) is 14.1. The van der Waals surface area contributed by atoms with Gasteiger partial charge in [-0.05, 0) is 36.5 Å². The molecule has 30 heavy (non-hydrogen) atoms. The summed E-state index contributed by atoms with van der Waals surface area (Å²) in [6.07, 6.45) is 13.0. The number of hydrogen-bond donors (Lipinski definition) is 2. The lowest BCUT2D eigenvalue weighted by molar-refractivity contribution is -0.143. The molecule has 6 unspecified atom stereocenters. The topological polar surface area (TPSA) is 74.6 Å². The summed E-state index contributed by atoms with van der Waals surface area (Å²) in [6, 6.07) is 0. The first-order valence-electron chi connectivity index (χ1n) is 11.1. The van der Waals surface area contributed by atoms with Crippen LogP contribution in [0.4, 0.5) is 0 Å². The highest BCUT2D eigenvalue weighted by Gasteiger charge is 2.43. The lowest BCUT2D eigenvalue weighted by Gasteiger charge is -2.38. The average Bonchev–Trinajstić information content (AvgIpc) is 2.68. The number of carbonyl (C=O) groups excluding carboxylic acids is 2. The van der Waals surface area contributed by atoms with Crippen molar-refractivity contribution in [2.75, 3.05) is 0 Å². The van der Waals surface area contributed by atoms with Crippen LogP contribution in [-0.4, -0.2) is 34.0 Å². The van der Waals surface area contributed by atoms with Gasteiger partial charge in [0.1, 0.15) is 11.6 Å². The van der Waals surface area contributed by atoms with Crippen LogP contribution < -0.4 is 0 Å². The van der Waals surface area contributed by atoms with Crippen molar-refractivity contribution in [2.45, 2.75) is 65.6 Å². The molecule has 0 saturated heterocycles. The van der Waals surface area contributed by atoms with Crippen molar-refractivity contribution in [1.29, 1.82) is 0 Å². The number of Topliss-reactive ketones (excluding diaryl/α,β-unsaturated/α-hetero) is 2. The summed E-state index contributed by atoms with van der Waals surface area (Å²) in [7, 11) is 0. The standard InChI is InChI=1S/2C13H20O2/c2*1-4-5-6-7-9(2)13(15)12-10(3)8-11(12)14/h2*4-6,9-10,12-13,15H,1,7-8H2,2-3H3/b6-5+;6-5-/t2*9-,10?,12?,13?/m11/s1. The van der Waals surface area contributed by atoms with E-state index in [-0.39, 0.29) is 35.2 Å². The molecule has 0 spiro atoms. The third-order valence-corrected chi connectivity index (χ3v) is 6.48. The SMILES string of the molecule is C=C/C=C/C[C@@H](C)C(O)C1C(=O)CC1C.C=C/C=C\C[C@@H](C)C(O)C1C(=O)CC1C. The van der Waals surface area contributed by atoms with E-state index < -0.39 is 12.2 Å². The Labute approximate surface area is 182 Å². The van der Waals surface area contributed by atoms with Crippen LogP contribution in [0.2, 0.25) is 0 Å². The molecule has 2 aliphatic rings. The van der Waals surface area contributed by atoms with Crippen molar-refractivity contribution in [3.05, 3.63) is 49.6 Å². The first-order valence-corrected chi connectivity index (χ1v) is 11.1. The van der Waals surface area contributed by atoms with Gasteiger partial charge < -0.3 is 10.2 Å². The van der Waals surface area contributed by atoms with Gasteiger partial charge >= 0.3 is 0 Å². The van der Waals surface area contributed by atoms with Gasteiger partial charge in [-0.1, -0.05) is 77.3 Å². The molecule has 2 N–H and O–H groups in total. The van der Waals surface area contributed by atoms with E-state index in [1.165, 1.54) is 0 Å². The Morgan fingerprint density at radius 3 is 1.40 bits per heavy atom. The predicted octanol–water partition coefficient (Wildman–Crippen LogP) is 4.68. The number of allylic oxidation sites excluding steroid dienone is 6. The van der Waals surface area contributed by atoms with Crippen LogP contribution in [0.5, 0.6) is 0 Å². The number of carbonyl (C=O) groups is 2. The summed E-state index contributed by atoms with van der Waals surface area (Å²) >= 11 is 0. The third-order valence-electron chi connectivity index (χ3n) is 6.48. The molecule has 2 aliphatic carbocycles. The molecule has 2 fully saturated rings. The van der Waals surface area contributed by atoms with Gasteiger partial charge in [0.25, 0.3) is 0 Å². The molecule has 0 radical (unpaired) electrons. The minimum Gasteiger partial charge on any atom is -0.392 e. The summed E-state index contributed by atoms with van der Waals surface area (Å²) in [5.74, 6) is 1.14. The van der Waals surface area contributed by atoms with Crippen molar-refractivity contribution in [2.24, 2.45) is 35.5 Å². The fourth-order valence-electron chi connectivity index (χ4n) is 4.29. The van der Waals surface area contributed by atoms with Crippen LogP contribution in [0, 0.1) is 35.5 Å². The molecule has 0 aromatic carbocycles. The maximum Gasteiger partial charge on any atom is 0.139 e. The summed E-state index contributed by atoms with van der Waals surface area (Å²) in [4.78, 5) is 22.6. The molecule has 2 saturated carbocycles. The van der Waals surface area contributed by atoms with Gasteiger partial charge in [-0.25, -0.2) is 0 Å². The summed E-state index contributed by atoms with van der Waals surface area (Å²) in [5, 5.41) is 20.0. The second-order valence-corrected chi connectivity index (χ2v) is 9.08. The second kappa shape index (κ2) is 12.8. The van der Waals surface area contributed by atoms with E-state index in [0.29, 0.717) is 24.7 Å². The monoisotopic (exact) mass is 416 g/mol. The van der Waals surface area contributed by atoms with Crippen molar-refractivity contribution in [3.63, 3.8) is 0 Å². The molecule has 0 aliphatic heterocycles. The number of aliphatic hydroxyl groups is 2. The van der Waals surface area contributed by atoms with E-state index in [1.807, 2.05) is 52.0 Å². The van der Waals surface area contributed by atoms with E-state index in [4.69, 9.17) is 0 Å². The van der Waals surface area contributed by atoms with E-state index in [9.17, 15) is 19.8 Å². The van der Waals surface area contributed by atoms with Crippen LogP contribution in [0.25, 0.3) is 0 Å². The van der Waals surface area contributed by atoms with Crippen LogP contribution >= 0.6 is 0 Å². The largest absolute Gasteiger partial charge is 0.392 e. The summed E-state index contributed by atoms with van der Waals surface area (Å²) < 4.78 is 0. The number of aliphatic hydroxyl groups excluding tert-OH is 2. The van der Waals surface area contributed by atoms with Crippen LogP contribution in [0.15, 0.2) is 49.6 Å². The van der Waals surface area contributed by atoms with Crippen molar-refractivity contribution in [3.8, 4) is 0 Å². The number of rotatable bonds is 10. The molecular weight excluding hydrogens is 376 g/mol. The molecular formula is C26H40O4. The normalized spacial score (nSPS) is 29.9. The average molecular weight is 417 g/mol. The zero-order chi connectivity index (χ0) is 22.8. The Morgan fingerprint density at radius 2 is 1.17 bits per heavy atom. The number of ketones is 2. The fraction of sp³-hybridized carbons (Fsp3) is 0.615. The molecule has 2 rings (SSSR count). The molecule has 4 heteroatoms. The van der Waals surface area contributed by atoms with Gasteiger partial charge in [0.15, 0.2) is 0 Å². The van der Waals surface area contributed by atoms with E-state index >= 15 is 0 Å². The molecule has 0 heterocycles. The van der Waals surface area contributed by atoms with Gasteiger partial charge in [-0.2, -0.15) is 0 Å². The molecule has 0 aromatic rings. The van der Waals surface area contributed by atoms with Crippen molar-refractivity contribution >= 4 is 11.6 Å². The molecule has 0 aromatic heterocycles. The lowest BCUT2D eigenvalue weighted by atomic mass is 9.67. The maximum atomic E-state index is 11.3. The van der Waals surface area contributed by atoms with E-state index in [1.54, 1.807) is 12.2 Å². The quantitative estimate of drug-likeness (QED) is 0.507. The highest BCUT2D eigenvalue weighted by atomic mass is 16.3. The Morgan fingerprint density at radius 1 is 0.833 bits per heavy atom. The zero-order valence-electron chi connectivity index (χ0n) is 19.0. The first kappa shape index (κ1) is 26.3. The van der Waals surface area contributed by atoms with E-state index in [2.05, 4.69) is 13.2 Å². The summed E-state index contributed by atoms with van der Waals surface area (Å²) in [6.45, 7) is 15.2. The van der Waals surface area contributed by atoms with Crippen LogP contribution in [0.1, 0.15) is 53.4 Å². The minimum atomic E-state index is -0.490. The predicted molar refractivity (Wildman–Crippen MR) is 123 cm³/mol. The van der Waals surface area contributed by atoms with Crippen LogP contribution in [0.3, 0.4) is 0 Å². The summed E-state index contributed by atoms with van der Waals surface area (Å²) in [5.41, 5.74) is 0. The molecule has 0 bridgehead atoms. The highest BCUT2D eigenvalue weighted by molar-refractivity contribution is 5.88. The van der Waals surface area contributed by atoms with Gasteiger partial charge in [-0.15, -0.1) is 0 Å². The molecule has 4 nitrogen and oxygen atoms in total. The Bertz CT molecular complexity index is 591. The van der Waals surface area contributed by atoms with Gasteiger partial charge in [0, 0.05) is 24.7 Å².